The Morgan fingerprint density at radius 2 is 1.76 bits per heavy atom. The number of thioether (sulfide) groups is 1. The lowest BCUT2D eigenvalue weighted by molar-refractivity contribution is 0.588. The molecule has 21 heavy (non-hydrogen) atoms. The van der Waals surface area contributed by atoms with Gasteiger partial charge in [-0.3, -0.25) is 0 Å². The second-order valence-corrected chi connectivity index (χ2v) is 6.87. The van der Waals surface area contributed by atoms with Crippen molar-refractivity contribution < 1.29 is 0 Å². The largest absolute Gasteiger partial charge is 0.310 e. The van der Waals surface area contributed by atoms with Gasteiger partial charge in [0.2, 0.25) is 0 Å². The minimum absolute atomic E-state index is 0.528. The average Bonchev–Trinajstić information content (AvgIpc) is 2.45. The highest BCUT2D eigenvalue weighted by Crippen LogP contribution is 2.27. The molecule has 0 amide bonds. The molecule has 2 heteroatoms. The van der Waals surface area contributed by atoms with E-state index >= 15 is 0 Å². The highest BCUT2D eigenvalue weighted by molar-refractivity contribution is 7.98. The summed E-state index contributed by atoms with van der Waals surface area (Å²) >= 11 is 1.93. The molecule has 2 aromatic rings. The zero-order valence-corrected chi connectivity index (χ0v) is 14.3. The molecule has 0 aliphatic carbocycles. The van der Waals surface area contributed by atoms with E-state index in [2.05, 4.69) is 75.5 Å². The number of aryl methyl sites for hydroxylation is 2. The van der Waals surface area contributed by atoms with E-state index in [1.807, 2.05) is 11.8 Å². The Morgan fingerprint density at radius 3 is 2.43 bits per heavy atom. The van der Waals surface area contributed by atoms with Crippen molar-refractivity contribution in [3.8, 4) is 0 Å². The van der Waals surface area contributed by atoms with Gasteiger partial charge in [0.15, 0.2) is 0 Å². The van der Waals surface area contributed by atoms with Crippen LogP contribution in [0.5, 0.6) is 0 Å². The predicted octanol–water partition coefficient (Wildman–Crippen LogP) is 5.09. The van der Waals surface area contributed by atoms with Crippen molar-refractivity contribution in [1.29, 1.82) is 0 Å². The van der Waals surface area contributed by atoms with Crippen LogP contribution in [0, 0.1) is 13.8 Å². The molecule has 0 saturated carbocycles. The first kappa shape index (κ1) is 16.1. The molecule has 0 bridgehead atoms. The molecular formula is C19H25NS. The summed E-state index contributed by atoms with van der Waals surface area (Å²) in [6.07, 6.45) is 0. The van der Waals surface area contributed by atoms with Gasteiger partial charge in [-0.25, -0.2) is 0 Å². The Hall–Kier alpha value is -1.25. The van der Waals surface area contributed by atoms with Gasteiger partial charge in [0.05, 0.1) is 0 Å². The highest BCUT2D eigenvalue weighted by atomic mass is 32.2. The fourth-order valence-electron chi connectivity index (χ4n) is 2.23. The first-order valence-corrected chi connectivity index (χ1v) is 8.55. The third-order valence-corrected chi connectivity index (χ3v) is 4.82. The van der Waals surface area contributed by atoms with Crippen molar-refractivity contribution in [2.24, 2.45) is 0 Å². The molecule has 0 unspecified atom stereocenters. The molecular weight excluding hydrogens is 274 g/mol. The second-order valence-electron chi connectivity index (χ2n) is 5.85. The zero-order chi connectivity index (χ0) is 15.2. The molecule has 2 rings (SSSR count). The van der Waals surface area contributed by atoms with E-state index < -0.39 is 0 Å². The van der Waals surface area contributed by atoms with Crippen molar-refractivity contribution >= 4 is 11.8 Å². The van der Waals surface area contributed by atoms with Crippen LogP contribution in [0.2, 0.25) is 0 Å². The molecule has 0 radical (unpaired) electrons. The summed E-state index contributed by atoms with van der Waals surface area (Å²) in [5, 5.41) is 3.47. The molecule has 0 aromatic heterocycles. The predicted molar refractivity (Wildman–Crippen MR) is 93.9 cm³/mol. The Morgan fingerprint density at radius 1 is 1.00 bits per heavy atom. The lowest BCUT2D eigenvalue weighted by Gasteiger charge is -2.11. The van der Waals surface area contributed by atoms with E-state index in [0.29, 0.717) is 6.04 Å². The number of hydrogen-bond acceptors (Lipinski definition) is 2. The van der Waals surface area contributed by atoms with Gasteiger partial charge in [-0.2, -0.15) is 0 Å². The molecule has 0 heterocycles. The minimum atomic E-state index is 0.528. The maximum Gasteiger partial charge on any atom is 0.0234 e. The summed E-state index contributed by atoms with van der Waals surface area (Å²) in [4.78, 5) is 1.38. The summed E-state index contributed by atoms with van der Waals surface area (Å²) in [5.74, 6) is 1.04. The average molecular weight is 299 g/mol. The van der Waals surface area contributed by atoms with E-state index in [0.717, 1.165) is 12.3 Å². The summed E-state index contributed by atoms with van der Waals surface area (Å²) < 4.78 is 0. The number of benzene rings is 2. The molecule has 112 valence electrons. The fraction of sp³-hybridized carbons (Fsp3) is 0.368. The molecule has 0 atom stereocenters. The van der Waals surface area contributed by atoms with Gasteiger partial charge in [0.25, 0.3) is 0 Å². The summed E-state index contributed by atoms with van der Waals surface area (Å²) in [6, 6.07) is 16.0. The van der Waals surface area contributed by atoms with Crippen LogP contribution in [0.25, 0.3) is 0 Å². The van der Waals surface area contributed by atoms with Gasteiger partial charge >= 0.3 is 0 Å². The smallest absolute Gasteiger partial charge is 0.0234 e. The van der Waals surface area contributed by atoms with Crippen LogP contribution in [0.3, 0.4) is 0 Å². The maximum atomic E-state index is 3.47. The third-order valence-electron chi connectivity index (χ3n) is 3.60. The molecule has 0 spiro atoms. The van der Waals surface area contributed by atoms with Crippen molar-refractivity contribution in [2.45, 2.75) is 50.9 Å². The fourth-order valence-corrected chi connectivity index (χ4v) is 3.32. The van der Waals surface area contributed by atoms with Gasteiger partial charge in [0, 0.05) is 23.2 Å². The van der Waals surface area contributed by atoms with E-state index in [1.165, 1.54) is 27.1 Å². The van der Waals surface area contributed by atoms with Crippen molar-refractivity contribution in [2.75, 3.05) is 0 Å². The first-order chi connectivity index (χ1) is 10.1. The Kier molecular flexibility index (Phi) is 5.89. The SMILES string of the molecule is Cc1ccccc1CSc1ccc(CNC(C)C)cc1C. The summed E-state index contributed by atoms with van der Waals surface area (Å²) in [7, 11) is 0. The third kappa shape index (κ3) is 4.90. The molecule has 0 saturated heterocycles. The van der Waals surface area contributed by atoms with Crippen LogP contribution in [0.4, 0.5) is 0 Å². The number of rotatable bonds is 6. The Bertz CT molecular complexity index is 590. The molecule has 2 aromatic carbocycles. The van der Waals surface area contributed by atoms with E-state index in [-0.39, 0.29) is 0 Å². The molecule has 0 aliphatic rings. The van der Waals surface area contributed by atoms with Crippen LogP contribution in [0.15, 0.2) is 47.4 Å². The molecule has 1 N–H and O–H groups in total. The van der Waals surface area contributed by atoms with Crippen LogP contribution in [-0.4, -0.2) is 6.04 Å². The highest BCUT2D eigenvalue weighted by Gasteiger charge is 2.04. The lowest BCUT2D eigenvalue weighted by atomic mass is 10.1. The van der Waals surface area contributed by atoms with Crippen LogP contribution < -0.4 is 5.32 Å². The van der Waals surface area contributed by atoms with Gasteiger partial charge in [-0.05, 0) is 42.2 Å². The monoisotopic (exact) mass is 299 g/mol. The van der Waals surface area contributed by atoms with Crippen LogP contribution >= 0.6 is 11.8 Å². The Balaban J connectivity index is 1.99. The number of nitrogens with one attached hydrogen (secondary N) is 1. The molecule has 0 fully saturated rings. The number of hydrogen-bond donors (Lipinski definition) is 1. The maximum absolute atomic E-state index is 3.47. The summed E-state index contributed by atoms with van der Waals surface area (Å²) in [6.45, 7) is 9.70. The summed E-state index contributed by atoms with van der Waals surface area (Å²) in [5.41, 5.74) is 5.53. The van der Waals surface area contributed by atoms with Gasteiger partial charge in [0.1, 0.15) is 0 Å². The zero-order valence-electron chi connectivity index (χ0n) is 13.4. The van der Waals surface area contributed by atoms with Gasteiger partial charge in [-0.1, -0.05) is 50.2 Å². The van der Waals surface area contributed by atoms with Crippen LogP contribution in [0.1, 0.15) is 36.1 Å². The minimum Gasteiger partial charge on any atom is -0.310 e. The van der Waals surface area contributed by atoms with Crippen molar-refractivity contribution in [3.63, 3.8) is 0 Å². The van der Waals surface area contributed by atoms with Crippen molar-refractivity contribution in [3.05, 3.63) is 64.7 Å². The van der Waals surface area contributed by atoms with Crippen molar-refractivity contribution in [1.82, 2.24) is 5.32 Å². The lowest BCUT2D eigenvalue weighted by Crippen LogP contribution is -2.21. The second kappa shape index (κ2) is 7.67. The van der Waals surface area contributed by atoms with E-state index in [4.69, 9.17) is 0 Å². The van der Waals surface area contributed by atoms with Crippen LogP contribution in [-0.2, 0) is 12.3 Å². The Labute approximate surface area is 133 Å². The van der Waals surface area contributed by atoms with Gasteiger partial charge < -0.3 is 5.32 Å². The van der Waals surface area contributed by atoms with E-state index in [1.54, 1.807) is 0 Å². The molecule has 1 nitrogen and oxygen atoms in total. The normalized spacial score (nSPS) is 11.1. The standard InChI is InChI=1S/C19H25NS/c1-14(2)20-12-17-9-10-19(16(4)11-17)21-13-18-8-6-5-7-15(18)3/h5-11,14,20H,12-13H2,1-4H3. The molecule has 0 aliphatic heterocycles. The first-order valence-electron chi connectivity index (χ1n) is 7.56. The quantitative estimate of drug-likeness (QED) is 0.745. The topological polar surface area (TPSA) is 12.0 Å². The van der Waals surface area contributed by atoms with E-state index in [9.17, 15) is 0 Å². The van der Waals surface area contributed by atoms with Gasteiger partial charge in [-0.15, -0.1) is 11.8 Å².